The second kappa shape index (κ2) is 13.6. The number of rotatable bonds is 15. The van der Waals surface area contributed by atoms with E-state index in [0.717, 1.165) is 25.7 Å². The zero-order valence-corrected chi connectivity index (χ0v) is 15.4. The van der Waals surface area contributed by atoms with E-state index in [2.05, 4.69) is 12.2 Å². The Balaban J connectivity index is 4.39. The second-order valence-electron chi connectivity index (χ2n) is 5.90. The molecule has 3 N–H and O–H groups in total. The van der Waals surface area contributed by atoms with Crippen LogP contribution in [0.3, 0.4) is 0 Å². The Morgan fingerprint density at radius 3 is 2.00 bits per heavy atom. The summed E-state index contributed by atoms with van der Waals surface area (Å²) in [6.45, 7) is 2.77. The molecule has 0 rings (SSSR count). The van der Waals surface area contributed by atoms with Crippen LogP contribution in [-0.4, -0.2) is 39.9 Å². The van der Waals surface area contributed by atoms with E-state index in [9.17, 15) is 4.79 Å². The summed E-state index contributed by atoms with van der Waals surface area (Å²) in [6, 6.07) is -0.492. The molecule has 0 fully saturated rings. The molecule has 0 aromatic carbocycles. The van der Waals surface area contributed by atoms with Crippen molar-refractivity contribution in [2.24, 2.45) is 11.7 Å². The van der Waals surface area contributed by atoms with Gasteiger partial charge in [-0.15, -0.1) is 0 Å². The van der Waals surface area contributed by atoms with Crippen LogP contribution >= 0.6 is 0 Å². The van der Waals surface area contributed by atoms with Crippen LogP contribution in [0.1, 0.15) is 64.7 Å². The van der Waals surface area contributed by atoms with Crippen LogP contribution in [0.25, 0.3) is 0 Å². The lowest BCUT2D eigenvalue weighted by molar-refractivity contribution is -0.380. The number of carbonyl (C=O) groups is 1. The molecule has 138 valence electrons. The third-order valence-corrected chi connectivity index (χ3v) is 4.29. The van der Waals surface area contributed by atoms with Gasteiger partial charge >= 0.3 is 6.03 Å². The van der Waals surface area contributed by atoms with E-state index in [1.165, 1.54) is 32.1 Å². The predicted molar refractivity (Wildman–Crippen MR) is 92.1 cm³/mol. The number of urea groups is 1. The molecule has 0 saturated carbocycles. The lowest BCUT2D eigenvalue weighted by Crippen LogP contribution is -2.44. The van der Waals surface area contributed by atoms with Gasteiger partial charge in [-0.25, -0.2) is 4.79 Å². The maximum atomic E-state index is 10.7. The van der Waals surface area contributed by atoms with Crippen molar-refractivity contribution in [2.75, 3.05) is 27.9 Å². The summed E-state index contributed by atoms with van der Waals surface area (Å²) >= 11 is 0. The van der Waals surface area contributed by atoms with Crippen LogP contribution in [0.4, 0.5) is 4.79 Å². The number of amides is 2. The summed E-state index contributed by atoms with van der Waals surface area (Å²) in [5.74, 6) is -0.904. The van der Waals surface area contributed by atoms with Gasteiger partial charge in [0, 0.05) is 33.8 Å². The van der Waals surface area contributed by atoms with E-state index in [-0.39, 0.29) is 5.92 Å². The van der Waals surface area contributed by atoms with Crippen LogP contribution in [0, 0.1) is 5.92 Å². The summed E-state index contributed by atoms with van der Waals surface area (Å²) < 4.78 is 16.5. The molecule has 0 aliphatic rings. The predicted octanol–water partition coefficient (Wildman–Crippen LogP) is 3.39. The minimum Gasteiger partial charge on any atom is -0.352 e. The van der Waals surface area contributed by atoms with Gasteiger partial charge in [-0.3, -0.25) is 0 Å². The van der Waals surface area contributed by atoms with E-state index in [0.29, 0.717) is 6.54 Å². The molecule has 1 atom stereocenters. The third kappa shape index (κ3) is 9.13. The first kappa shape index (κ1) is 22.1. The Kier molecular flexibility index (Phi) is 13.1. The van der Waals surface area contributed by atoms with Gasteiger partial charge in [-0.2, -0.15) is 0 Å². The Labute approximate surface area is 141 Å². The zero-order chi connectivity index (χ0) is 17.6. The molecule has 0 heterocycles. The van der Waals surface area contributed by atoms with E-state index in [1.807, 2.05) is 0 Å². The molecule has 0 aromatic heterocycles. The molecule has 0 saturated heterocycles. The monoisotopic (exact) mass is 332 g/mol. The first-order valence-electron chi connectivity index (χ1n) is 8.75. The van der Waals surface area contributed by atoms with Gasteiger partial charge in [0.2, 0.25) is 0 Å². The lowest BCUT2D eigenvalue weighted by Gasteiger charge is -2.36. The molecular weight excluding hydrogens is 296 g/mol. The van der Waals surface area contributed by atoms with Gasteiger partial charge < -0.3 is 25.3 Å². The van der Waals surface area contributed by atoms with Gasteiger partial charge in [0.15, 0.2) is 0 Å². The maximum Gasteiger partial charge on any atom is 0.312 e. The fourth-order valence-corrected chi connectivity index (χ4v) is 2.98. The van der Waals surface area contributed by atoms with Gasteiger partial charge in [-0.1, -0.05) is 45.4 Å². The van der Waals surface area contributed by atoms with Crippen molar-refractivity contribution in [3.8, 4) is 0 Å². The molecule has 0 aromatic rings. The summed E-state index contributed by atoms with van der Waals surface area (Å²) in [4.78, 5) is 10.7. The number of hydrogen-bond acceptors (Lipinski definition) is 4. The summed E-state index contributed by atoms with van der Waals surface area (Å²) in [6.07, 6.45) is 10.1. The second-order valence-corrected chi connectivity index (χ2v) is 5.90. The highest BCUT2D eigenvalue weighted by atomic mass is 16.9. The van der Waals surface area contributed by atoms with Crippen molar-refractivity contribution < 1.29 is 19.0 Å². The largest absolute Gasteiger partial charge is 0.352 e. The number of nitrogens with one attached hydrogen (secondary N) is 1. The van der Waals surface area contributed by atoms with Crippen molar-refractivity contribution in [1.82, 2.24) is 5.32 Å². The molecule has 0 radical (unpaired) electrons. The summed E-state index contributed by atoms with van der Waals surface area (Å²) in [7, 11) is 4.80. The fraction of sp³-hybridized carbons (Fsp3) is 0.941. The van der Waals surface area contributed by atoms with Crippen LogP contribution in [0.5, 0.6) is 0 Å². The van der Waals surface area contributed by atoms with Crippen LogP contribution < -0.4 is 11.1 Å². The van der Waals surface area contributed by atoms with E-state index in [1.54, 1.807) is 21.3 Å². The Morgan fingerprint density at radius 1 is 0.957 bits per heavy atom. The minimum absolute atomic E-state index is 0.114. The normalized spacial score (nSPS) is 13.0. The summed E-state index contributed by atoms with van der Waals surface area (Å²) in [5, 5.41) is 2.61. The number of primary amides is 1. The molecule has 0 aliphatic carbocycles. The smallest absolute Gasteiger partial charge is 0.312 e. The third-order valence-electron chi connectivity index (χ3n) is 4.29. The van der Waals surface area contributed by atoms with Crippen molar-refractivity contribution in [2.45, 2.75) is 70.7 Å². The molecule has 23 heavy (non-hydrogen) atoms. The molecule has 0 bridgehead atoms. The van der Waals surface area contributed by atoms with Crippen LogP contribution in [0.15, 0.2) is 0 Å². The standard InChI is InChI=1S/C17H36N2O4/c1-5-6-7-8-9-10-12-15(13-11-14-19-16(18)20)17(21-2,22-3)23-4/h15H,5-14H2,1-4H3,(H3,18,19,20)/t15-/m1/s1. The summed E-state index contributed by atoms with van der Waals surface area (Å²) in [5.41, 5.74) is 5.09. The number of carbonyl (C=O) groups excluding carboxylic acids is 1. The first-order valence-corrected chi connectivity index (χ1v) is 8.75. The fourth-order valence-electron chi connectivity index (χ4n) is 2.98. The van der Waals surface area contributed by atoms with E-state index < -0.39 is 12.0 Å². The van der Waals surface area contributed by atoms with Crippen molar-refractivity contribution >= 4 is 6.03 Å². The van der Waals surface area contributed by atoms with E-state index in [4.69, 9.17) is 19.9 Å². The highest BCUT2D eigenvalue weighted by molar-refractivity contribution is 5.71. The van der Waals surface area contributed by atoms with Gasteiger partial charge in [-0.05, 0) is 19.3 Å². The highest BCUT2D eigenvalue weighted by Gasteiger charge is 2.39. The number of nitrogens with two attached hydrogens (primary N) is 1. The zero-order valence-electron chi connectivity index (χ0n) is 15.4. The SMILES string of the molecule is CCCCCCCC[C@H](CCCNC(N)=O)C(OC)(OC)OC. The number of unbranched alkanes of at least 4 members (excludes halogenated alkanes) is 5. The molecule has 0 aliphatic heterocycles. The molecule has 6 heteroatoms. The quantitative estimate of drug-likeness (QED) is 0.356. The minimum atomic E-state index is -1.02. The highest BCUT2D eigenvalue weighted by Crippen LogP contribution is 2.32. The average Bonchev–Trinajstić information content (AvgIpc) is 2.55. The van der Waals surface area contributed by atoms with Crippen molar-refractivity contribution in [3.05, 3.63) is 0 Å². The Hall–Kier alpha value is -0.850. The van der Waals surface area contributed by atoms with Crippen molar-refractivity contribution in [1.29, 1.82) is 0 Å². The Morgan fingerprint density at radius 2 is 1.48 bits per heavy atom. The van der Waals surface area contributed by atoms with Gasteiger partial charge in [0.25, 0.3) is 5.97 Å². The molecule has 6 nitrogen and oxygen atoms in total. The first-order chi connectivity index (χ1) is 11.1. The van der Waals surface area contributed by atoms with Gasteiger partial charge in [0.1, 0.15) is 0 Å². The lowest BCUT2D eigenvalue weighted by atomic mass is 9.93. The number of methoxy groups -OCH3 is 3. The molecule has 0 spiro atoms. The van der Waals surface area contributed by atoms with Crippen LogP contribution in [0.2, 0.25) is 0 Å². The molecule has 2 amide bonds. The van der Waals surface area contributed by atoms with E-state index >= 15 is 0 Å². The average molecular weight is 332 g/mol. The van der Waals surface area contributed by atoms with Crippen LogP contribution in [-0.2, 0) is 14.2 Å². The number of ether oxygens (including phenoxy) is 3. The number of hydrogen-bond donors (Lipinski definition) is 2. The topological polar surface area (TPSA) is 82.8 Å². The van der Waals surface area contributed by atoms with Gasteiger partial charge in [0.05, 0.1) is 0 Å². The molecule has 0 unspecified atom stereocenters. The van der Waals surface area contributed by atoms with Crippen molar-refractivity contribution in [3.63, 3.8) is 0 Å². The molecular formula is C17H36N2O4. The maximum absolute atomic E-state index is 10.7. The Bertz CT molecular complexity index is 288.